The second-order valence-electron chi connectivity index (χ2n) is 3.32. The van der Waals surface area contributed by atoms with Gasteiger partial charge in [-0.3, -0.25) is 9.78 Å². The Bertz CT molecular complexity index is 450. The lowest BCUT2D eigenvalue weighted by molar-refractivity contribution is 0.111. The van der Waals surface area contributed by atoms with Crippen LogP contribution in [0.3, 0.4) is 0 Å². The van der Waals surface area contributed by atoms with Gasteiger partial charge >= 0.3 is 0 Å². The van der Waals surface area contributed by atoms with E-state index in [0.29, 0.717) is 5.69 Å². The van der Waals surface area contributed by atoms with E-state index < -0.39 is 0 Å². The van der Waals surface area contributed by atoms with Gasteiger partial charge in [-0.1, -0.05) is 0 Å². The first-order chi connectivity index (χ1) is 7.31. The van der Waals surface area contributed by atoms with Crippen molar-refractivity contribution in [2.45, 2.75) is 13.0 Å². The van der Waals surface area contributed by atoms with Crippen LogP contribution in [0.15, 0.2) is 37.1 Å². The van der Waals surface area contributed by atoms with Gasteiger partial charge in [-0.05, 0) is 24.6 Å². The summed E-state index contributed by atoms with van der Waals surface area (Å²) < 4.78 is 1.90. The van der Waals surface area contributed by atoms with Crippen molar-refractivity contribution >= 4 is 6.29 Å². The quantitative estimate of drug-likeness (QED) is 0.710. The maximum absolute atomic E-state index is 10.5. The van der Waals surface area contributed by atoms with Gasteiger partial charge in [-0.2, -0.15) is 0 Å². The Hall–Kier alpha value is -1.97. The van der Waals surface area contributed by atoms with Gasteiger partial charge in [-0.25, -0.2) is 4.98 Å². The van der Waals surface area contributed by atoms with E-state index in [2.05, 4.69) is 9.97 Å². The molecule has 2 rings (SSSR count). The van der Waals surface area contributed by atoms with E-state index in [9.17, 15) is 4.79 Å². The topological polar surface area (TPSA) is 47.8 Å². The third kappa shape index (κ3) is 1.93. The third-order valence-electron chi connectivity index (χ3n) is 2.38. The summed E-state index contributed by atoms with van der Waals surface area (Å²) in [6, 6.07) is 4.06. The van der Waals surface area contributed by atoms with E-state index in [0.717, 1.165) is 11.8 Å². The average Bonchev–Trinajstić information content (AvgIpc) is 2.78. The molecule has 0 aliphatic heterocycles. The Kier molecular flexibility index (Phi) is 2.58. The van der Waals surface area contributed by atoms with Crippen LogP contribution in [0.4, 0.5) is 0 Å². The largest absolute Gasteiger partial charge is 0.330 e. The van der Waals surface area contributed by atoms with Crippen molar-refractivity contribution < 1.29 is 4.79 Å². The lowest BCUT2D eigenvalue weighted by atomic mass is 10.1. The number of carbonyl (C=O) groups is 1. The predicted molar refractivity (Wildman–Crippen MR) is 55.7 cm³/mol. The summed E-state index contributed by atoms with van der Waals surface area (Å²) in [4.78, 5) is 18.4. The van der Waals surface area contributed by atoms with Gasteiger partial charge in [0, 0.05) is 18.6 Å². The molecule has 0 amide bonds. The van der Waals surface area contributed by atoms with E-state index in [1.165, 1.54) is 0 Å². The Labute approximate surface area is 87.6 Å². The molecule has 4 heteroatoms. The molecule has 0 spiro atoms. The molecule has 0 saturated carbocycles. The van der Waals surface area contributed by atoms with Crippen molar-refractivity contribution in [3.05, 3.63) is 48.3 Å². The van der Waals surface area contributed by atoms with Gasteiger partial charge in [-0.15, -0.1) is 0 Å². The number of aldehydes is 1. The molecular formula is C11H11N3O. The van der Waals surface area contributed by atoms with Crippen molar-refractivity contribution in [1.82, 2.24) is 14.5 Å². The van der Waals surface area contributed by atoms with Gasteiger partial charge < -0.3 is 4.57 Å². The van der Waals surface area contributed by atoms with Crippen LogP contribution in [0.2, 0.25) is 0 Å². The fraction of sp³-hybridized carbons (Fsp3) is 0.182. The zero-order valence-electron chi connectivity index (χ0n) is 8.37. The average molecular weight is 201 g/mol. The Morgan fingerprint density at radius 1 is 1.40 bits per heavy atom. The molecule has 0 radical (unpaired) electrons. The molecule has 0 aliphatic carbocycles. The first-order valence-electron chi connectivity index (χ1n) is 4.70. The Balaban J connectivity index is 2.28. The standard InChI is InChI=1S/C11H11N3O/c1-9(10-2-4-12-5-3-10)14-6-11(7-15)13-8-14/h2-9H,1H3/t9-/m0/s1. The molecule has 15 heavy (non-hydrogen) atoms. The van der Waals surface area contributed by atoms with Crippen LogP contribution in [0.1, 0.15) is 29.0 Å². The number of carbonyl (C=O) groups excluding carboxylic acids is 1. The number of nitrogens with zero attached hydrogens (tertiary/aromatic N) is 3. The van der Waals surface area contributed by atoms with E-state index in [4.69, 9.17) is 0 Å². The predicted octanol–water partition coefficient (Wildman–Crippen LogP) is 1.70. The number of rotatable bonds is 3. The van der Waals surface area contributed by atoms with E-state index in [1.54, 1.807) is 24.9 Å². The molecule has 76 valence electrons. The molecule has 0 bridgehead atoms. The first-order valence-corrected chi connectivity index (χ1v) is 4.70. The molecule has 0 fully saturated rings. The molecule has 1 atom stereocenters. The minimum atomic E-state index is 0.161. The minimum absolute atomic E-state index is 0.161. The molecule has 0 unspecified atom stereocenters. The van der Waals surface area contributed by atoms with Crippen LogP contribution in [-0.2, 0) is 0 Å². The summed E-state index contributed by atoms with van der Waals surface area (Å²) in [7, 11) is 0. The summed E-state index contributed by atoms with van der Waals surface area (Å²) in [6.07, 6.45) is 7.65. The minimum Gasteiger partial charge on any atom is -0.330 e. The molecule has 2 heterocycles. The molecule has 0 N–H and O–H groups in total. The third-order valence-corrected chi connectivity index (χ3v) is 2.38. The van der Waals surface area contributed by atoms with E-state index in [1.807, 2.05) is 23.6 Å². The van der Waals surface area contributed by atoms with Crippen LogP contribution in [0.5, 0.6) is 0 Å². The fourth-order valence-electron chi connectivity index (χ4n) is 1.44. The highest BCUT2D eigenvalue weighted by Crippen LogP contribution is 2.16. The summed E-state index contributed by atoms with van der Waals surface area (Å²) in [5, 5.41) is 0. The zero-order chi connectivity index (χ0) is 10.7. The van der Waals surface area contributed by atoms with Crippen LogP contribution in [0.25, 0.3) is 0 Å². The maximum atomic E-state index is 10.5. The zero-order valence-corrected chi connectivity index (χ0v) is 8.37. The lowest BCUT2D eigenvalue weighted by Gasteiger charge is -2.12. The van der Waals surface area contributed by atoms with Gasteiger partial charge in [0.25, 0.3) is 0 Å². The van der Waals surface area contributed by atoms with E-state index in [-0.39, 0.29) is 6.04 Å². The lowest BCUT2D eigenvalue weighted by Crippen LogP contribution is -2.04. The van der Waals surface area contributed by atoms with Gasteiger partial charge in [0.1, 0.15) is 5.69 Å². The highest BCUT2D eigenvalue weighted by atomic mass is 16.1. The normalized spacial score (nSPS) is 12.3. The fourth-order valence-corrected chi connectivity index (χ4v) is 1.44. The van der Waals surface area contributed by atoms with Crippen molar-refractivity contribution in [1.29, 1.82) is 0 Å². The molecule has 2 aromatic heterocycles. The van der Waals surface area contributed by atoms with Gasteiger partial charge in [0.05, 0.1) is 12.4 Å². The molecule has 0 aromatic carbocycles. The number of imidazole rings is 1. The van der Waals surface area contributed by atoms with Crippen LogP contribution < -0.4 is 0 Å². The van der Waals surface area contributed by atoms with Gasteiger partial charge in [0.2, 0.25) is 0 Å². The van der Waals surface area contributed by atoms with Crippen LogP contribution in [-0.4, -0.2) is 20.8 Å². The van der Waals surface area contributed by atoms with Crippen LogP contribution in [0, 0.1) is 0 Å². The summed E-state index contributed by atoms with van der Waals surface area (Å²) >= 11 is 0. The van der Waals surface area contributed by atoms with E-state index >= 15 is 0 Å². The summed E-state index contributed by atoms with van der Waals surface area (Å²) in [6.45, 7) is 2.05. The summed E-state index contributed by atoms with van der Waals surface area (Å²) in [5.41, 5.74) is 1.59. The number of aromatic nitrogens is 3. The second kappa shape index (κ2) is 4.04. The van der Waals surface area contributed by atoms with Crippen molar-refractivity contribution in [3.63, 3.8) is 0 Å². The first kappa shape index (κ1) is 9.58. The monoisotopic (exact) mass is 201 g/mol. The highest BCUT2D eigenvalue weighted by molar-refractivity contribution is 5.71. The maximum Gasteiger partial charge on any atom is 0.169 e. The number of hydrogen-bond donors (Lipinski definition) is 0. The molecule has 2 aromatic rings. The number of pyridine rings is 1. The Morgan fingerprint density at radius 3 is 2.73 bits per heavy atom. The SMILES string of the molecule is C[C@@H](c1ccncc1)n1cnc(C=O)c1. The number of hydrogen-bond acceptors (Lipinski definition) is 3. The second-order valence-corrected chi connectivity index (χ2v) is 3.32. The van der Waals surface area contributed by atoms with Gasteiger partial charge in [0.15, 0.2) is 6.29 Å². The summed E-state index contributed by atoms with van der Waals surface area (Å²) in [5.74, 6) is 0. The molecule has 4 nitrogen and oxygen atoms in total. The molecular weight excluding hydrogens is 190 g/mol. The molecule has 0 aliphatic rings. The smallest absolute Gasteiger partial charge is 0.169 e. The Morgan fingerprint density at radius 2 is 2.13 bits per heavy atom. The molecule has 0 saturated heterocycles. The van der Waals surface area contributed by atoms with Crippen molar-refractivity contribution in [3.8, 4) is 0 Å². The highest BCUT2D eigenvalue weighted by Gasteiger charge is 2.07. The van der Waals surface area contributed by atoms with Crippen molar-refractivity contribution in [2.24, 2.45) is 0 Å². The van der Waals surface area contributed by atoms with Crippen LogP contribution >= 0.6 is 0 Å². The van der Waals surface area contributed by atoms with Crippen molar-refractivity contribution in [2.75, 3.05) is 0 Å².